The third-order valence-electron chi connectivity index (χ3n) is 6.59. The highest BCUT2D eigenvalue weighted by atomic mass is 16.3. The SMILES string of the molecule is CN(Cc1cn2c(N3CCN(CCO)CC3)nccc2n1)[C@H]1CCCc2cccnc21. The first-order valence-electron chi connectivity index (χ1n) is 11.3. The predicted molar refractivity (Wildman–Crippen MR) is 120 cm³/mol. The van der Waals surface area contributed by atoms with E-state index in [1.165, 1.54) is 17.7 Å². The number of nitrogens with zero attached hydrogens (tertiary/aromatic N) is 7. The monoisotopic (exact) mass is 421 g/mol. The summed E-state index contributed by atoms with van der Waals surface area (Å²) in [6.45, 7) is 5.44. The predicted octanol–water partition coefficient (Wildman–Crippen LogP) is 1.75. The Bertz CT molecular complexity index is 1030. The van der Waals surface area contributed by atoms with Gasteiger partial charge in [-0.3, -0.25) is 19.2 Å². The van der Waals surface area contributed by atoms with Crippen molar-refractivity contribution in [3.63, 3.8) is 0 Å². The van der Waals surface area contributed by atoms with Gasteiger partial charge in [-0.25, -0.2) is 9.97 Å². The quantitative estimate of drug-likeness (QED) is 0.650. The highest BCUT2D eigenvalue weighted by Crippen LogP contribution is 2.32. The minimum Gasteiger partial charge on any atom is -0.395 e. The van der Waals surface area contributed by atoms with Crippen LogP contribution in [-0.4, -0.2) is 80.6 Å². The summed E-state index contributed by atoms with van der Waals surface area (Å²) in [5.74, 6) is 0.951. The van der Waals surface area contributed by atoms with Crippen molar-refractivity contribution in [3.8, 4) is 0 Å². The van der Waals surface area contributed by atoms with Crippen LogP contribution in [0.5, 0.6) is 0 Å². The number of imidazole rings is 1. The Morgan fingerprint density at radius 2 is 2.00 bits per heavy atom. The highest BCUT2D eigenvalue weighted by Gasteiger charge is 2.26. The Hall–Kier alpha value is -2.55. The maximum Gasteiger partial charge on any atom is 0.211 e. The van der Waals surface area contributed by atoms with Crippen LogP contribution in [0.15, 0.2) is 36.8 Å². The van der Waals surface area contributed by atoms with Gasteiger partial charge in [0.05, 0.1) is 24.0 Å². The Morgan fingerprint density at radius 1 is 1.13 bits per heavy atom. The molecule has 0 spiro atoms. The smallest absolute Gasteiger partial charge is 0.211 e. The third kappa shape index (κ3) is 4.15. The summed E-state index contributed by atoms with van der Waals surface area (Å²) < 4.78 is 2.12. The summed E-state index contributed by atoms with van der Waals surface area (Å²) in [7, 11) is 2.18. The van der Waals surface area contributed by atoms with E-state index >= 15 is 0 Å². The average molecular weight is 422 g/mol. The van der Waals surface area contributed by atoms with Gasteiger partial charge in [-0.2, -0.15) is 0 Å². The number of aliphatic hydroxyl groups is 1. The van der Waals surface area contributed by atoms with Crippen LogP contribution in [0, 0.1) is 0 Å². The van der Waals surface area contributed by atoms with E-state index in [4.69, 9.17) is 9.97 Å². The van der Waals surface area contributed by atoms with Crippen LogP contribution in [-0.2, 0) is 13.0 Å². The summed E-state index contributed by atoms with van der Waals surface area (Å²) in [6.07, 6.45) is 9.37. The first kappa shape index (κ1) is 20.4. The number of hydrogen-bond acceptors (Lipinski definition) is 7. The molecule has 31 heavy (non-hydrogen) atoms. The summed E-state index contributed by atoms with van der Waals surface area (Å²) >= 11 is 0. The second kappa shape index (κ2) is 8.90. The van der Waals surface area contributed by atoms with Gasteiger partial charge in [-0.05, 0) is 44.0 Å². The molecule has 0 amide bonds. The topological polar surface area (TPSA) is 73.0 Å². The first-order valence-corrected chi connectivity index (χ1v) is 11.3. The third-order valence-corrected chi connectivity index (χ3v) is 6.59. The van der Waals surface area contributed by atoms with E-state index in [0.29, 0.717) is 6.04 Å². The molecule has 0 radical (unpaired) electrons. The van der Waals surface area contributed by atoms with Gasteiger partial charge in [0.1, 0.15) is 5.65 Å². The van der Waals surface area contributed by atoms with Crippen LogP contribution in [0.3, 0.4) is 0 Å². The lowest BCUT2D eigenvalue weighted by molar-refractivity contribution is 0.188. The fraction of sp³-hybridized carbons (Fsp3) is 0.522. The lowest BCUT2D eigenvalue weighted by Gasteiger charge is -2.35. The normalized spacial score (nSPS) is 19.8. The zero-order valence-electron chi connectivity index (χ0n) is 18.2. The van der Waals surface area contributed by atoms with Crippen molar-refractivity contribution < 1.29 is 5.11 Å². The Labute approximate surface area is 183 Å². The van der Waals surface area contributed by atoms with Crippen molar-refractivity contribution in [2.45, 2.75) is 31.8 Å². The lowest BCUT2D eigenvalue weighted by atomic mass is 9.91. The van der Waals surface area contributed by atoms with Gasteiger partial charge in [0.15, 0.2) is 0 Å². The molecule has 8 nitrogen and oxygen atoms in total. The molecule has 1 saturated heterocycles. The van der Waals surface area contributed by atoms with Crippen LogP contribution in [0.1, 0.15) is 35.8 Å². The molecule has 0 saturated carbocycles. The van der Waals surface area contributed by atoms with E-state index in [9.17, 15) is 5.11 Å². The molecule has 4 heterocycles. The van der Waals surface area contributed by atoms with Gasteiger partial charge >= 0.3 is 0 Å². The molecular formula is C23H31N7O. The number of hydrogen-bond donors (Lipinski definition) is 1. The number of rotatable bonds is 6. The standard InChI is InChI=1S/C23H31N7O/c1-27(20-6-2-4-18-5-3-8-24-22(18)20)16-19-17-30-21(26-19)7-9-25-23(30)29-12-10-28(11-13-29)14-15-31/h3,5,7-9,17,20,31H,2,4,6,10-16H2,1H3/t20-/m0/s1. The zero-order valence-corrected chi connectivity index (χ0v) is 18.2. The summed E-state index contributed by atoms with van der Waals surface area (Å²) in [5.41, 5.74) is 4.60. The number of aryl methyl sites for hydroxylation is 1. The minimum absolute atomic E-state index is 0.215. The van der Waals surface area contributed by atoms with Crippen LogP contribution in [0.25, 0.3) is 5.65 Å². The van der Waals surface area contributed by atoms with Gasteiger partial charge in [0, 0.05) is 57.9 Å². The van der Waals surface area contributed by atoms with Crippen molar-refractivity contribution >= 4 is 11.6 Å². The molecule has 0 bridgehead atoms. The molecule has 2 aliphatic rings. The second-order valence-electron chi connectivity index (χ2n) is 8.63. The van der Waals surface area contributed by atoms with E-state index in [0.717, 1.165) is 69.4 Å². The summed E-state index contributed by atoms with van der Waals surface area (Å²) in [6, 6.07) is 6.58. The zero-order chi connectivity index (χ0) is 21.2. The lowest BCUT2D eigenvalue weighted by Crippen LogP contribution is -2.48. The fourth-order valence-electron chi connectivity index (χ4n) is 4.96. The molecular weight excluding hydrogens is 390 g/mol. The van der Waals surface area contributed by atoms with E-state index in [-0.39, 0.29) is 6.61 Å². The fourth-order valence-corrected chi connectivity index (χ4v) is 4.96. The maximum atomic E-state index is 9.18. The van der Waals surface area contributed by atoms with Crippen molar-refractivity contribution in [1.29, 1.82) is 0 Å². The van der Waals surface area contributed by atoms with E-state index in [2.05, 4.69) is 43.4 Å². The highest BCUT2D eigenvalue weighted by molar-refractivity contribution is 5.48. The molecule has 1 fully saturated rings. The van der Waals surface area contributed by atoms with Crippen LogP contribution in [0.4, 0.5) is 5.95 Å². The maximum absolute atomic E-state index is 9.18. The van der Waals surface area contributed by atoms with E-state index < -0.39 is 0 Å². The minimum atomic E-state index is 0.215. The average Bonchev–Trinajstić information content (AvgIpc) is 3.22. The first-order chi connectivity index (χ1) is 15.2. The number of aromatic nitrogens is 4. The Morgan fingerprint density at radius 3 is 2.84 bits per heavy atom. The number of fused-ring (bicyclic) bond motifs is 2. The van der Waals surface area contributed by atoms with Crippen LogP contribution < -0.4 is 4.90 Å². The largest absolute Gasteiger partial charge is 0.395 e. The molecule has 0 unspecified atom stereocenters. The van der Waals surface area contributed by atoms with Crippen molar-refractivity contribution in [3.05, 3.63) is 53.7 Å². The van der Waals surface area contributed by atoms with Crippen molar-refractivity contribution in [1.82, 2.24) is 29.2 Å². The molecule has 1 N–H and O–H groups in total. The summed E-state index contributed by atoms with van der Waals surface area (Å²) in [4.78, 5) is 21.3. The molecule has 1 aliphatic heterocycles. The van der Waals surface area contributed by atoms with E-state index in [1.54, 1.807) is 0 Å². The number of aliphatic hydroxyl groups excluding tert-OH is 1. The summed E-state index contributed by atoms with van der Waals surface area (Å²) in [5, 5.41) is 9.18. The number of piperazine rings is 1. The molecule has 164 valence electrons. The van der Waals surface area contributed by atoms with Gasteiger partial charge in [-0.15, -0.1) is 0 Å². The number of pyridine rings is 1. The molecule has 5 rings (SSSR count). The molecule has 3 aromatic heterocycles. The Kier molecular flexibility index (Phi) is 5.85. The molecule has 8 heteroatoms. The van der Waals surface area contributed by atoms with Gasteiger partial charge < -0.3 is 10.0 Å². The van der Waals surface area contributed by atoms with Crippen LogP contribution in [0.2, 0.25) is 0 Å². The number of β-amino-alcohol motifs (C(OH)–C–C–N with tert-alkyl or cyclic N) is 1. The molecule has 1 aliphatic carbocycles. The second-order valence-corrected chi connectivity index (χ2v) is 8.63. The van der Waals surface area contributed by atoms with Gasteiger partial charge in [0.25, 0.3) is 0 Å². The van der Waals surface area contributed by atoms with Gasteiger partial charge in [0.2, 0.25) is 5.95 Å². The van der Waals surface area contributed by atoms with Crippen molar-refractivity contribution in [2.24, 2.45) is 0 Å². The molecule has 1 atom stereocenters. The van der Waals surface area contributed by atoms with Crippen LogP contribution >= 0.6 is 0 Å². The number of anilines is 1. The van der Waals surface area contributed by atoms with E-state index in [1.807, 2.05) is 24.5 Å². The Balaban J connectivity index is 1.34. The van der Waals surface area contributed by atoms with Gasteiger partial charge in [-0.1, -0.05) is 6.07 Å². The van der Waals surface area contributed by atoms with Crippen molar-refractivity contribution in [2.75, 3.05) is 51.3 Å². The molecule has 0 aromatic carbocycles. The molecule has 3 aromatic rings.